The Balaban J connectivity index is 1.39. The van der Waals surface area contributed by atoms with Crippen LogP contribution >= 0.6 is 11.6 Å². The first kappa shape index (κ1) is 24.6. The molecule has 1 fully saturated rings. The number of halogens is 4. The van der Waals surface area contributed by atoms with Gasteiger partial charge in [-0.2, -0.15) is 13.2 Å². The number of anilines is 1. The van der Waals surface area contributed by atoms with Crippen LogP contribution in [0.5, 0.6) is 0 Å². The number of fused-ring (bicyclic) bond motifs is 1. The van der Waals surface area contributed by atoms with Gasteiger partial charge >= 0.3 is 6.18 Å². The molecule has 1 aliphatic heterocycles. The fraction of sp³-hybridized carbons (Fsp3) is 0.462. The quantitative estimate of drug-likeness (QED) is 0.546. The van der Waals surface area contributed by atoms with E-state index in [-0.39, 0.29) is 28.5 Å². The standard InChI is InChI=1S/C26H28ClF3N2O2/c1-15-5-4-6-20-22(15)32(24(34)25(20,2)3)14-16-7-10-18(11-8-16)31-23(33)19-13-17(26(28,29)30)9-12-21(19)27/h4-6,9,12-13,16,18H,7-8,10-11,14H2,1-3H3,(H,31,33)/t16-,18-. The second kappa shape index (κ2) is 8.91. The highest BCUT2D eigenvalue weighted by atomic mass is 35.5. The van der Waals surface area contributed by atoms with Gasteiger partial charge in [0.15, 0.2) is 0 Å². The van der Waals surface area contributed by atoms with Gasteiger partial charge in [-0.1, -0.05) is 29.8 Å². The number of alkyl halides is 3. The summed E-state index contributed by atoms with van der Waals surface area (Å²) in [7, 11) is 0. The lowest BCUT2D eigenvalue weighted by molar-refractivity contribution is -0.137. The molecule has 0 aromatic heterocycles. The number of nitrogens with one attached hydrogen (secondary N) is 1. The maximum Gasteiger partial charge on any atom is 0.416 e. The number of hydrogen-bond acceptors (Lipinski definition) is 2. The normalized spacial score (nSPS) is 22.0. The molecule has 4 nitrogen and oxygen atoms in total. The van der Waals surface area contributed by atoms with Crippen molar-refractivity contribution in [1.29, 1.82) is 0 Å². The van der Waals surface area contributed by atoms with E-state index in [1.54, 1.807) is 0 Å². The highest BCUT2D eigenvalue weighted by Gasteiger charge is 2.45. The van der Waals surface area contributed by atoms with Crippen molar-refractivity contribution in [3.05, 3.63) is 63.7 Å². The number of aryl methyl sites for hydroxylation is 1. The maximum absolute atomic E-state index is 13.2. The third-order valence-corrected chi connectivity index (χ3v) is 7.45. The molecule has 182 valence electrons. The van der Waals surface area contributed by atoms with Gasteiger partial charge in [-0.3, -0.25) is 9.59 Å². The van der Waals surface area contributed by atoms with Crippen molar-refractivity contribution in [2.45, 2.75) is 64.1 Å². The van der Waals surface area contributed by atoms with Crippen LogP contribution in [0.25, 0.3) is 0 Å². The monoisotopic (exact) mass is 492 g/mol. The molecule has 2 aliphatic rings. The average molecular weight is 493 g/mol. The number of carbonyl (C=O) groups excluding carboxylic acids is 2. The first-order valence-electron chi connectivity index (χ1n) is 11.5. The molecule has 0 radical (unpaired) electrons. The Morgan fingerprint density at radius 3 is 2.47 bits per heavy atom. The van der Waals surface area contributed by atoms with Crippen molar-refractivity contribution in [2.75, 3.05) is 11.4 Å². The zero-order valence-electron chi connectivity index (χ0n) is 19.4. The van der Waals surface area contributed by atoms with Gasteiger partial charge in [0.25, 0.3) is 5.91 Å². The lowest BCUT2D eigenvalue weighted by atomic mass is 9.85. The van der Waals surface area contributed by atoms with E-state index in [4.69, 9.17) is 11.6 Å². The minimum absolute atomic E-state index is 0.0108. The van der Waals surface area contributed by atoms with E-state index in [0.717, 1.165) is 47.9 Å². The Bertz CT molecular complexity index is 1120. The third kappa shape index (κ3) is 4.54. The number of hydrogen-bond donors (Lipinski definition) is 1. The molecule has 0 bridgehead atoms. The first-order chi connectivity index (χ1) is 15.9. The molecule has 1 N–H and O–H groups in total. The topological polar surface area (TPSA) is 49.4 Å². The van der Waals surface area contributed by atoms with Crippen molar-refractivity contribution < 1.29 is 22.8 Å². The van der Waals surface area contributed by atoms with E-state index in [1.165, 1.54) is 0 Å². The summed E-state index contributed by atoms with van der Waals surface area (Å²) in [5, 5.41) is 2.83. The van der Waals surface area contributed by atoms with Crippen LogP contribution in [0.1, 0.15) is 66.6 Å². The van der Waals surface area contributed by atoms with Crippen molar-refractivity contribution in [3.63, 3.8) is 0 Å². The maximum atomic E-state index is 13.2. The second-order valence-electron chi connectivity index (χ2n) is 9.90. The van der Waals surface area contributed by atoms with Gasteiger partial charge in [0, 0.05) is 12.6 Å². The molecule has 2 amide bonds. The van der Waals surface area contributed by atoms with Crippen molar-refractivity contribution in [3.8, 4) is 0 Å². The summed E-state index contributed by atoms with van der Waals surface area (Å²) >= 11 is 6.00. The number of benzene rings is 2. The van der Waals surface area contributed by atoms with Gasteiger partial charge in [0.1, 0.15) is 0 Å². The fourth-order valence-electron chi connectivity index (χ4n) is 5.14. The Morgan fingerprint density at radius 1 is 1.15 bits per heavy atom. The fourth-order valence-corrected chi connectivity index (χ4v) is 5.34. The summed E-state index contributed by atoms with van der Waals surface area (Å²) in [5.41, 5.74) is 1.51. The van der Waals surface area contributed by atoms with Gasteiger partial charge in [-0.25, -0.2) is 0 Å². The zero-order valence-corrected chi connectivity index (χ0v) is 20.2. The van der Waals surface area contributed by atoms with Gasteiger partial charge in [0.2, 0.25) is 5.91 Å². The van der Waals surface area contributed by atoms with Crippen LogP contribution in [0.15, 0.2) is 36.4 Å². The molecule has 1 aliphatic carbocycles. The molecule has 8 heteroatoms. The average Bonchev–Trinajstić information content (AvgIpc) is 2.96. The van der Waals surface area contributed by atoms with Crippen LogP contribution < -0.4 is 10.2 Å². The van der Waals surface area contributed by atoms with Gasteiger partial charge in [0.05, 0.1) is 27.3 Å². The molecular weight excluding hydrogens is 465 g/mol. The minimum atomic E-state index is -4.55. The molecule has 2 aromatic carbocycles. The molecule has 0 atom stereocenters. The summed E-state index contributed by atoms with van der Waals surface area (Å²) in [6.07, 6.45) is -1.53. The number of rotatable bonds is 4. The summed E-state index contributed by atoms with van der Waals surface area (Å²) in [5.74, 6) is -0.206. The molecule has 1 heterocycles. The Morgan fingerprint density at radius 2 is 1.82 bits per heavy atom. The SMILES string of the molecule is Cc1cccc2c1N(C[C@H]1CC[C@H](NC(=O)c3cc(C(F)(F)F)ccc3Cl)CC1)C(=O)C2(C)C. The predicted molar refractivity (Wildman–Crippen MR) is 126 cm³/mol. The van der Waals surface area contributed by atoms with E-state index in [0.29, 0.717) is 19.4 Å². The lowest BCUT2D eigenvalue weighted by Crippen LogP contribution is -2.42. The van der Waals surface area contributed by atoms with Gasteiger partial charge in [-0.15, -0.1) is 0 Å². The first-order valence-corrected chi connectivity index (χ1v) is 11.9. The van der Waals surface area contributed by atoms with E-state index < -0.39 is 23.1 Å². The molecule has 0 unspecified atom stereocenters. The zero-order chi connectivity index (χ0) is 24.8. The van der Waals surface area contributed by atoms with Crippen LogP contribution in [0.3, 0.4) is 0 Å². The number of para-hydroxylation sites is 1. The van der Waals surface area contributed by atoms with Crippen LogP contribution in [0, 0.1) is 12.8 Å². The van der Waals surface area contributed by atoms with Crippen LogP contribution in [0.2, 0.25) is 5.02 Å². The summed E-state index contributed by atoms with van der Waals surface area (Å²) in [4.78, 5) is 27.7. The Labute approximate surface area is 202 Å². The van der Waals surface area contributed by atoms with Crippen molar-refractivity contribution >= 4 is 29.1 Å². The molecular formula is C26H28ClF3N2O2. The van der Waals surface area contributed by atoms with E-state index in [1.807, 2.05) is 43.9 Å². The van der Waals surface area contributed by atoms with E-state index >= 15 is 0 Å². The van der Waals surface area contributed by atoms with Gasteiger partial charge in [-0.05, 0) is 81.7 Å². The van der Waals surface area contributed by atoms with Crippen LogP contribution in [0.4, 0.5) is 18.9 Å². The molecule has 4 rings (SSSR count). The van der Waals surface area contributed by atoms with Gasteiger partial charge < -0.3 is 10.2 Å². The predicted octanol–water partition coefficient (Wildman–Crippen LogP) is 6.28. The summed E-state index contributed by atoms with van der Waals surface area (Å²) < 4.78 is 39.1. The van der Waals surface area contributed by atoms with Crippen molar-refractivity contribution in [1.82, 2.24) is 5.32 Å². The largest absolute Gasteiger partial charge is 0.416 e. The number of carbonyl (C=O) groups is 2. The number of amides is 2. The summed E-state index contributed by atoms with van der Waals surface area (Å²) in [6, 6.07) is 8.64. The molecule has 0 saturated heterocycles. The number of nitrogens with zero attached hydrogens (tertiary/aromatic N) is 1. The molecule has 0 spiro atoms. The lowest BCUT2D eigenvalue weighted by Gasteiger charge is -2.32. The highest BCUT2D eigenvalue weighted by Crippen LogP contribution is 2.44. The summed E-state index contributed by atoms with van der Waals surface area (Å²) in [6.45, 7) is 6.56. The van der Waals surface area contributed by atoms with Crippen molar-refractivity contribution in [2.24, 2.45) is 5.92 Å². The van der Waals surface area contributed by atoms with Crippen LogP contribution in [-0.4, -0.2) is 24.4 Å². The Hall–Kier alpha value is -2.54. The molecule has 2 aromatic rings. The highest BCUT2D eigenvalue weighted by molar-refractivity contribution is 6.33. The van der Waals surface area contributed by atoms with Crippen LogP contribution in [-0.2, 0) is 16.4 Å². The smallest absolute Gasteiger partial charge is 0.349 e. The second-order valence-corrected chi connectivity index (χ2v) is 10.3. The minimum Gasteiger partial charge on any atom is -0.349 e. The van der Waals surface area contributed by atoms with E-state index in [2.05, 4.69) is 5.32 Å². The molecule has 1 saturated carbocycles. The third-order valence-electron chi connectivity index (χ3n) is 7.12. The molecule has 34 heavy (non-hydrogen) atoms. The van der Waals surface area contributed by atoms with E-state index in [9.17, 15) is 22.8 Å². The Kier molecular flexibility index (Phi) is 6.44.